The van der Waals surface area contributed by atoms with Crippen molar-refractivity contribution in [3.8, 4) is 6.07 Å². The van der Waals surface area contributed by atoms with E-state index in [-0.39, 0.29) is 6.04 Å². The highest BCUT2D eigenvalue weighted by atomic mass is 15.2. The minimum atomic E-state index is 0.0456. The van der Waals surface area contributed by atoms with Gasteiger partial charge in [0.15, 0.2) is 0 Å². The Labute approximate surface area is 93.2 Å². The smallest absolute Gasteiger partial charge is 0.0951 e. The van der Waals surface area contributed by atoms with Crippen LogP contribution in [0, 0.1) is 11.3 Å². The second kappa shape index (κ2) is 6.09. The first-order valence-electron chi connectivity index (χ1n) is 6.10. The van der Waals surface area contributed by atoms with Gasteiger partial charge in [0.05, 0.1) is 12.1 Å². The molecule has 2 N–H and O–H groups in total. The first-order valence-corrected chi connectivity index (χ1v) is 6.10. The molecule has 1 aliphatic carbocycles. The second-order valence-electron chi connectivity index (χ2n) is 4.61. The molecule has 1 rings (SSSR count). The summed E-state index contributed by atoms with van der Waals surface area (Å²) in [5, 5.41) is 9.00. The molecular formula is C12H23N3. The van der Waals surface area contributed by atoms with E-state index < -0.39 is 0 Å². The highest BCUT2D eigenvalue weighted by Gasteiger charge is 2.26. The van der Waals surface area contributed by atoms with Gasteiger partial charge in [-0.25, -0.2) is 0 Å². The summed E-state index contributed by atoms with van der Waals surface area (Å²) in [4.78, 5) is 2.35. The molecule has 0 amide bonds. The monoisotopic (exact) mass is 209 g/mol. The lowest BCUT2D eigenvalue weighted by atomic mass is 9.90. The zero-order valence-corrected chi connectivity index (χ0v) is 9.95. The molecule has 1 aliphatic rings. The minimum absolute atomic E-state index is 0.0456. The number of nitrogens with two attached hydrogens (primary N) is 1. The van der Waals surface area contributed by atoms with E-state index in [1.54, 1.807) is 0 Å². The van der Waals surface area contributed by atoms with E-state index in [9.17, 15) is 0 Å². The molecule has 0 saturated heterocycles. The van der Waals surface area contributed by atoms with Gasteiger partial charge >= 0.3 is 0 Å². The van der Waals surface area contributed by atoms with Crippen LogP contribution >= 0.6 is 0 Å². The maximum Gasteiger partial charge on any atom is 0.0951 e. The van der Waals surface area contributed by atoms with Crippen molar-refractivity contribution in [1.82, 2.24) is 4.90 Å². The molecule has 0 bridgehead atoms. The maximum absolute atomic E-state index is 9.00. The predicted molar refractivity (Wildman–Crippen MR) is 62.3 cm³/mol. The fourth-order valence-corrected chi connectivity index (χ4v) is 2.46. The largest absolute Gasteiger partial charge is 0.328 e. The summed E-state index contributed by atoms with van der Waals surface area (Å²) < 4.78 is 0. The van der Waals surface area contributed by atoms with Crippen molar-refractivity contribution in [1.29, 1.82) is 5.26 Å². The van der Waals surface area contributed by atoms with Crippen molar-refractivity contribution < 1.29 is 0 Å². The van der Waals surface area contributed by atoms with Gasteiger partial charge in [0.1, 0.15) is 0 Å². The van der Waals surface area contributed by atoms with Crippen LogP contribution < -0.4 is 5.73 Å². The van der Waals surface area contributed by atoms with Crippen LogP contribution in [0.4, 0.5) is 0 Å². The average Bonchev–Trinajstić information content (AvgIpc) is 2.26. The normalized spacial score (nSPS) is 28.7. The third-order valence-electron chi connectivity index (χ3n) is 3.38. The molecule has 0 aromatic heterocycles. The topological polar surface area (TPSA) is 53.0 Å². The van der Waals surface area contributed by atoms with E-state index in [1.807, 2.05) is 6.92 Å². The maximum atomic E-state index is 9.00. The van der Waals surface area contributed by atoms with E-state index in [1.165, 1.54) is 0 Å². The molecule has 1 unspecified atom stereocenters. The first kappa shape index (κ1) is 12.5. The van der Waals surface area contributed by atoms with Crippen molar-refractivity contribution in [2.45, 2.75) is 64.1 Å². The Kier molecular flexibility index (Phi) is 5.07. The summed E-state index contributed by atoms with van der Waals surface area (Å²) in [7, 11) is 0. The number of nitriles is 1. The van der Waals surface area contributed by atoms with E-state index in [0.717, 1.165) is 38.6 Å². The lowest BCUT2D eigenvalue weighted by Crippen LogP contribution is -2.45. The van der Waals surface area contributed by atoms with Crippen LogP contribution in [0.2, 0.25) is 0 Å². The molecule has 0 heterocycles. The van der Waals surface area contributed by atoms with E-state index >= 15 is 0 Å². The molecular weight excluding hydrogens is 186 g/mol. The molecule has 0 radical (unpaired) electrons. The summed E-state index contributed by atoms with van der Waals surface area (Å²) in [5.74, 6) is 0. The summed E-state index contributed by atoms with van der Waals surface area (Å²) in [6, 6.07) is 3.37. The third-order valence-corrected chi connectivity index (χ3v) is 3.38. The minimum Gasteiger partial charge on any atom is -0.328 e. The molecule has 0 aromatic carbocycles. The number of hydrogen-bond acceptors (Lipinski definition) is 3. The van der Waals surface area contributed by atoms with Crippen LogP contribution in [0.15, 0.2) is 0 Å². The summed E-state index contributed by atoms with van der Waals surface area (Å²) in [6.45, 7) is 5.21. The molecule has 1 atom stereocenters. The summed E-state index contributed by atoms with van der Waals surface area (Å²) in [5.41, 5.74) is 5.90. The van der Waals surface area contributed by atoms with Gasteiger partial charge in [0.2, 0.25) is 0 Å². The van der Waals surface area contributed by atoms with Crippen LogP contribution in [0.1, 0.15) is 46.0 Å². The summed E-state index contributed by atoms with van der Waals surface area (Å²) >= 11 is 0. The molecule has 1 saturated carbocycles. The fraction of sp³-hybridized carbons (Fsp3) is 0.917. The zero-order chi connectivity index (χ0) is 11.3. The van der Waals surface area contributed by atoms with Crippen LogP contribution in [-0.2, 0) is 0 Å². The van der Waals surface area contributed by atoms with Crippen molar-refractivity contribution in [3.05, 3.63) is 0 Å². The van der Waals surface area contributed by atoms with E-state index in [2.05, 4.69) is 17.9 Å². The van der Waals surface area contributed by atoms with Crippen LogP contribution in [0.25, 0.3) is 0 Å². The van der Waals surface area contributed by atoms with Crippen LogP contribution in [0.3, 0.4) is 0 Å². The SMILES string of the molecule is CCCN(C(C)C#N)C1CCC(N)CC1. The standard InChI is InChI=1S/C12H23N3/c1-3-8-15(10(2)9-13)12-6-4-11(14)5-7-12/h10-12H,3-8,14H2,1-2H3. The van der Waals surface area contributed by atoms with Crippen LogP contribution in [0.5, 0.6) is 0 Å². The van der Waals surface area contributed by atoms with Gasteiger partial charge in [-0.3, -0.25) is 4.90 Å². The average molecular weight is 209 g/mol. The van der Waals surface area contributed by atoms with Gasteiger partial charge in [-0.1, -0.05) is 6.92 Å². The molecule has 3 heteroatoms. The quantitative estimate of drug-likeness (QED) is 0.769. The number of nitrogens with zero attached hydrogens (tertiary/aromatic N) is 2. The van der Waals surface area contributed by atoms with Gasteiger partial charge < -0.3 is 5.73 Å². The van der Waals surface area contributed by atoms with Gasteiger partial charge in [0.25, 0.3) is 0 Å². The highest BCUT2D eigenvalue weighted by Crippen LogP contribution is 2.23. The molecule has 0 aromatic rings. The molecule has 15 heavy (non-hydrogen) atoms. The Morgan fingerprint density at radius 1 is 1.40 bits per heavy atom. The molecule has 1 fully saturated rings. The number of hydrogen-bond donors (Lipinski definition) is 1. The highest BCUT2D eigenvalue weighted by molar-refractivity contribution is 4.92. The van der Waals surface area contributed by atoms with Gasteiger partial charge in [0, 0.05) is 12.1 Å². The van der Waals surface area contributed by atoms with Crippen molar-refractivity contribution in [2.75, 3.05) is 6.54 Å². The Morgan fingerprint density at radius 2 is 2.00 bits per heavy atom. The van der Waals surface area contributed by atoms with Gasteiger partial charge in [-0.05, 0) is 45.6 Å². The molecule has 0 aliphatic heterocycles. The molecule has 0 spiro atoms. The van der Waals surface area contributed by atoms with Crippen molar-refractivity contribution in [3.63, 3.8) is 0 Å². The second-order valence-corrected chi connectivity index (χ2v) is 4.61. The fourth-order valence-electron chi connectivity index (χ4n) is 2.46. The number of rotatable bonds is 4. The van der Waals surface area contributed by atoms with E-state index in [0.29, 0.717) is 12.1 Å². The summed E-state index contributed by atoms with van der Waals surface area (Å²) in [6.07, 6.45) is 5.67. The Morgan fingerprint density at radius 3 is 2.47 bits per heavy atom. The van der Waals surface area contributed by atoms with Crippen molar-refractivity contribution >= 4 is 0 Å². The van der Waals surface area contributed by atoms with Gasteiger partial charge in [-0.15, -0.1) is 0 Å². The molecule has 86 valence electrons. The van der Waals surface area contributed by atoms with Crippen LogP contribution in [-0.4, -0.2) is 29.6 Å². The Bertz CT molecular complexity index is 213. The molecule has 3 nitrogen and oxygen atoms in total. The Hall–Kier alpha value is -0.590. The van der Waals surface area contributed by atoms with Crippen molar-refractivity contribution in [2.24, 2.45) is 5.73 Å². The first-order chi connectivity index (χ1) is 7.19. The third kappa shape index (κ3) is 3.48. The lowest BCUT2D eigenvalue weighted by molar-refractivity contribution is 0.130. The Balaban J connectivity index is 2.52. The zero-order valence-electron chi connectivity index (χ0n) is 9.95. The lowest BCUT2D eigenvalue weighted by Gasteiger charge is -2.37. The van der Waals surface area contributed by atoms with Gasteiger partial charge in [-0.2, -0.15) is 5.26 Å². The predicted octanol–water partition coefficient (Wildman–Crippen LogP) is 1.88. The van der Waals surface area contributed by atoms with E-state index in [4.69, 9.17) is 11.0 Å².